The lowest BCUT2D eigenvalue weighted by molar-refractivity contribution is -0.135. The maximum Gasteiger partial charge on any atom is 0.322 e. The van der Waals surface area contributed by atoms with Crippen LogP contribution < -0.4 is 15.4 Å². The quantitative estimate of drug-likeness (QED) is 0.310. The van der Waals surface area contributed by atoms with Crippen molar-refractivity contribution in [2.45, 2.75) is 19.4 Å². The molecule has 0 atom stereocenters. The van der Waals surface area contributed by atoms with E-state index < -0.39 is 24.3 Å². The molecule has 4 rings (SSSR count). The Balaban J connectivity index is 1.77. The molecule has 0 unspecified atom stereocenters. The monoisotopic (exact) mass is 494 g/mol. The van der Waals surface area contributed by atoms with Crippen molar-refractivity contribution in [3.8, 4) is 5.75 Å². The van der Waals surface area contributed by atoms with Gasteiger partial charge >= 0.3 is 5.97 Å². The van der Waals surface area contributed by atoms with Gasteiger partial charge in [0.25, 0.3) is 11.8 Å². The largest absolute Gasteiger partial charge is 0.497 e. The Morgan fingerprint density at radius 2 is 1.81 bits per heavy atom. The van der Waals surface area contributed by atoms with E-state index in [1.165, 1.54) is 18.2 Å². The first kappa shape index (κ1) is 24.6. The number of alkyl halides is 2. The van der Waals surface area contributed by atoms with E-state index in [9.17, 15) is 18.4 Å². The highest BCUT2D eigenvalue weighted by molar-refractivity contribution is 5.99. The molecule has 4 aromatic rings. The van der Waals surface area contributed by atoms with Crippen LogP contribution in [-0.4, -0.2) is 40.2 Å². The number of fused-ring (bicyclic) bond motifs is 1. The number of aromatic nitrogens is 2. The Hall–Kier alpha value is -4.47. The van der Waals surface area contributed by atoms with Crippen LogP contribution in [0.4, 0.5) is 20.4 Å². The molecule has 0 spiro atoms. The summed E-state index contributed by atoms with van der Waals surface area (Å²) in [7, 11) is 1.56. The van der Waals surface area contributed by atoms with Gasteiger partial charge in [0.05, 0.1) is 24.7 Å². The standard InChI is InChI=1S/C26H24F2N4O4/c1-26(27,28)20-6-4-3-5-17(20)15-32-22-12-7-16(24(35)29-14-23(33)34)13-21(22)31-25(32)30-18-8-10-19(36-2)11-9-18/h3-13H,14-15H2,1-2H3,(H,29,35)(H,30,31)(H,33,34). The number of ether oxygens (including phenoxy) is 1. The Kier molecular flexibility index (Phi) is 6.86. The molecule has 0 radical (unpaired) electrons. The molecule has 0 aliphatic rings. The van der Waals surface area contributed by atoms with Crippen LogP contribution in [0.15, 0.2) is 66.7 Å². The number of rotatable bonds is 9. The third-order valence-corrected chi connectivity index (χ3v) is 5.58. The second-order valence-corrected chi connectivity index (χ2v) is 8.20. The number of carbonyl (C=O) groups is 2. The number of nitrogens with zero attached hydrogens (tertiary/aromatic N) is 2. The van der Waals surface area contributed by atoms with Crippen molar-refractivity contribution >= 4 is 34.5 Å². The van der Waals surface area contributed by atoms with Crippen molar-refractivity contribution in [1.82, 2.24) is 14.9 Å². The highest BCUT2D eigenvalue weighted by atomic mass is 19.3. The van der Waals surface area contributed by atoms with Gasteiger partial charge in [-0.05, 0) is 48.0 Å². The van der Waals surface area contributed by atoms with E-state index in [2.05, 4.69) is 15.6 Å². The second-order valence-electron chi connectivity index (χ2n) is 8.20. The zero-order valence-corrected chi connectivity index (χ0v) is 19.6. The normalized spacial score (nSPS) is 11.3. The number of imidazole rings is 1. The average molecular weight is 494 g/mol. The lowest BCUT2D eigenvalue weighted by atomic mass is 10.0. The van der Waals surface area contributed by atoms with E-state index in [0.29, 0.717) is 34.0 Å². The van der Waals surface area contributed by atoms with Crippen LogP contribution in [0.1, 0.15) is 28.4 Å². The number of carboxylic acids is 1. The highest BCUT2D eigenvalue weighted by Crippen LogP contribution is 2.32. The predicted molar refractivity (Wildman–Crippen MR) is 131 cm³/mol. The predicted octanol–water partition coefficient (Wildman–Crippen LogP) is 4.76. The SMILES string of the molecule is COc1ccc(Nc2nc3cc(C(=O)NCC(=O)O)ccc3n2Cc2ccccc2C(C)(F)F)cc1. The fourth-order valence-electron chi connectivity index (χ4n) is 3.84. The molecule has 1 amide bonds. The first-order valence-electron chi connectivity index (χ1n) is 11.0. The molecular formula is C26H24F2N4O4. The zero-order valence-electron chi connectivity index (χ0n) is 19.6. The van der Waals surface area contributed by atoms with Crippen molar-refractivity contribution < 1.29 is 28.2 Å². The minimum absolute atomic E-state index is 0.0908. The maximum absolute atomic E-state index is 14.3. The smallest absolute Gasteiger partial charge is 0.322 e. The minimum atomic E-state index is -3.04. The van der Waals surface area contributed by atoms with Crippen LogP contribution in [-0.2, 0) is 17.3 Å². The molecule has 1 heterocycles. The fourth-order valence-corrected chi connectivity index (χ4v) is 3.84. The molecule has 0 saturated heterocycles. The number of hydrogen-bond donors (Lipinski definition) is 3. The molecule has 3 N–H and O–H groups in total. The molecule has 0 fully saturated rings. The van der Waals surface area contributed by atoms with Crippen LogP contribution in [0.25, 0.3) is 11.0 Å². The molecule has 3 aromatic carbocycles. The molecule has 10 heteroatoms. The maximum atomic E-state index is 14.3. The summed E-state index contributed by atoms with van der Waals surface area (Å²) in [6.07, 6.45) is 0. The van der Waals surface area contributed by atoms with Gasteiger partial charge < -0.3 is 25.0 Å². The molecule has 0 aliphatic carbocycles. The van der Waals surface area contributed by atoms with Crippen molar-refractivity contribution in [1.29, 1.82) is 0 Å². The van der Waals surface area contributed by atoms with Gasteiger partial charge in [-0.2, -0.15) is 0 Å². The molecule has 0 aliphatic heterocycles. The lowest BCUT2D eigenvalue weighted by Gasteiger charge is -2.18. The van der Waals surface area contributed by atoms with E-state index >= 15 is 0 Å². The first-order chi connectivity index (χ1) is 17.2. The van der Waals surface area contributed by atoms with Gasteiger partial charge in [-0.3, -0.25) is 9.59 Å². The van der Waals surface area contributed by atoms with Gasteiger partial charge in [-0.25, -0.2) is 13.8 Å². The summed E-state index contributed by atoms with van der Waals surface area (Å²) in [4.78, 5) is 27.8. The van der Waals surface area contributed by atoms with E-state index in [-0.39, 0.29) is 17.7 Å². The number of carbonyl (C=O) groups excluding carboxylic acids is 1. The number of hydrogen-bond acceptors (Lipinski definition) is 5. The first-order valence-corrected chi connectivity index (χ1v) is 11.0. The molecule has 0 bridgehead atoms. The number of carboxylic acid groups (broad SMARTS) is 1. The third kappa shape index (κ3) is 5.43. The third-order valence-electron chi connectivity index (χ3n) is 5.58. The Bertz CT molecular complexity index is 1410. The number of aliphatic carboxylic acids is 1. The molecule has 36 heavy (non-hydrogen) atoms. The summed E-state index contributed by atoms with van der Waals surface area (Å²) in [6.45, 7) is 0.438. The number of anilines is 2. The summed E-state index contributed by atoms with van der Waals surface area (Å²) in [5.74, 6) is -3.70. The van der Waals surface area contributed by atoms with Crippen molar-refractivity contribution in [3.05, 3.63) is 83.4 Å². The Labute approximate surface area is 205 Å². The number of methoxy groups -OCH3 is 1. The van der Waals surface area contributed by atoms with Crippen molar-refractivity contribution in [3.63, 3.8) is 0 Å². The molecule has 8 nitrogen and oxygen atoms in total. The molecule has 0 saturated carbocycles. The van der Waals surface area contributed by atoms with E-state index in [0.717, 1.165) is 6.92 Å². The highest BCUT2D eigenvalue weighted by Gasteiger charge is 2.27. The number of nitrogens with one attached hydrogen (secondary N) is 2. The molecular weight excluding hydrogens is 470 g/mol. The Morgan fingerprint density at radius 3 is 2.47 bits per heavy atom. The molecule has 186 valence electrons. The van der Waals surface area contributed by atoms with Gasteiger partial charge in [0.15, 0.2) is 0 Å². The summed E-state index contributed by atoms with van der Waals surface area (Å²) < 4.78 is 35.6. The van der Waals surface area contributed by atoms with Crippen molar-refractivity contribution in [2.24, 2.45) is 0 Å². The van der Waals surface area contributed by atoms with Crippen LogP contribution in [0, 0.1) is 0 Å². The van der Waals surface area contributed by atoms with Gasteiger partial charge in [0.2, 0.25) is 5.95 Å². The van der Waals surface area contributed by atoms with E-state index in [1.54, 1.807) is 60.2 Å². The Morgan fingerprint density at radius 1 is 1.08 bits per heavy atom. The fraction of sp³-hybridized carbons (Fsp3) is 0.192. The molecule has 1 aromatic heterocycles. The summed E-state index contributed by atoms with van der Waals surface area (Å²) in [5, 5.41) is 14.3. The van der Waals surface area contributed by atoms with E-state index in [4.69, 9.17) is 9.84 Å². The number of amides is 1. The summed E-state index contributed by atoms with van der Waals surface area (Å²) >= 11 is 0. The van der Waals surface area contributed by atoms with Crippen LogP contribution in [0.2, 0.25) is 0 Å². The lowest BCUT2D eigenvalue weighted by Crippen LogP contribution is -2.29. The topological polar surface area (TPSA) is 105 Å². The number of benzene rings is 3. The second kappa shape index (κ2) is 10.0. The summed E-state index contributed by atoms with van der Waals surface area (Å²) in [6, 6.07) is 18.2. The van der Waals surface area contributed by atoms with Crippen LogP contribution in [0.3, 0.4) is 0 Å². The van der Waals surface area contributed by atoms with Crippen LogP contribution >= 0.6 is 0 Å². The van der Waals surface area contributed by atoms with E-state index in [1.807, 2.05) is 0 Å². The van der Waals surface area contributed by atoms with Gasteiger partial charge in [-0.1, -0.05) is 24.3 Å². The minimum Gasteiger partial charge on any atom is -0.497 e. The number of halogens is 2. The average Bonchev–Trinajstić information content (AvgIpc) is 3.18. The van der Waals surface area contributed by atoms with Gasteiger partial charge in [0, 0.05) is 23.7 Å². The summed E-state index contributed by atoms with van der Waals surface area (Å²) in [5.41, 5.74) is 2.30. The van der Waals surface area contributed by atoms with Crippen LogP contribution in [0.5, 0.6) is 5.75 Å². The zero-order chi connectivity index (χ0) is 25.9. The van der Waals surface area contributed by atoms with Gasteiger partial charge in [0.1, 0.15) is 12.3 Å². The van der Waals surface area contributed by atoms with Crippen molar-refractivity contribution in [2.75, 3.05) is 19.0 Å². The van der Waals surface area contributed by atoms with Gasteiger partial charge in [-0.15, -0.1) is 0 Å².